The van der Waals surface area contributed by atoms with E-state index in [9.17, 15) is 4.79 Å². The van der Waals surface area contributed by atoms with Crippen LogP contribution in [0.3, 0.4) is 0 Å². The SMILES string of the molecule is O=C(Nc1ccc(N2CCN(C3CC3)CC2)cc1)C1CC1c1ccccc1. The van der Waals surface area contributed by atoms with E-state index in [0.717, 1.165) is 31.2 Å². The van der Waals surface area contributed by atoms with Gasteiger partial charge in [0.15, 0.2) is 0 Å². The summed E-state index contributed by atoms with van der Waals surface area (Å²) in [6, 6.07) is 19.6. The number of piperazine rings is 1. The molecule has 4 heteroatoms. The van der Waals surface area contributed by atoms with Crippen LogP contribution in [0, 0.1) is 5.92 Å². The van der Waals surface area contributed by atoms with Crippen LogP contribution in [0.2, 0.25) is 0 Å². The van der Waals surface area contributed by atoms with Gasteiger partial charge in [0.05, 0.1) is 0 Å². The van der Waals surface area contributed by atoms with Crippen molar-refractivity contribution in [2.45, 2.75) is 31.2 Å². The molecule has 2 saturated carbocycles. The van der Waals surface area contributed by atoms with Crippen LogP contribution < -0.4 is 10.2 Å². The van der Waals surface area contributed by atoms with Crippen LogP contribution in [0.4, 0.5) is 11.4 Å². The molecule has 5 rings (SSSR count). The summed E-state index contributed by atoms with van der Waals surface area (Å²) in [4.78, 5) is 17.6. The largest absolute Gasteiger partial charge is 0.369 e. The number of anilines is 2. The number of amides is 1. The second-order valence-corrected chi connectivity index (χ2v) is 8.15. The molecule has 1 saturated heterocycles. The van der Waals surface area contributed by atoms with Gasteiger partial charge in [-0.1, -0.05) is 30.3 Å². The molecule has 2 aliphatic carbocycles. The Hall–Kier alpha value is -2.33. The number of hydrogen-bond donors (Lipinski definition) is 1. The van der Waals surface area contributed by atoms with E-state index in [1.807, 2.05) is 30.3 Å². The van der Waals surface area contributed by atoms with Crippen LogP contribution in [0.5, 0.6) is 0 Å². The lowest BCUT2D eigenvalue weighted by molar-refractivity contribution is -0.117. The van der Waals surface area contributed by atoms with Crippen molar-refractivity contribution in [3.05, 3.63) is 60.2 Å². The van der Waals surface area contributed by atoms with Gasteiger partial charge in [-0.15, -0.1) is 0 Å². The molecule has 3 aliphatic rings. The van der Waals surface area contributed by atoms with E-state index in [1.54, 1.807) is 0 Å². The monoisotopic (exact) mass is 361 g/mol. The number of nitrogens with zero attached hydrogens (tertiary/aromatic N) is 2. The minimum atomic E-state index is 0.113. The highest BCUT2D eigenvalue weighted by Crippen LogP contribution is 2.47. The van der Waals surface area contributed by atoms with E-state index in [-0.39, 0.29) is 11.8 Å². The van der Waals surface area contributed by atoms with Gasteiger partial charge in [-0.05, 0) is 55.0 Å². The highest BCUT2D eigenvalue weighted by atomic mass is 16.2. The van der Waals surface area contributed by atoms with Crippen molar-refractivity contribution in [3.8, 4) is 0 Å². The third-order valence-electron chi connectivity index (χ3n) is 6.23. The zero-order valence-electron chi connectivity index (χ0n) is 15.7. The molecule has 1 amide bonds. The normalized spacial score (nSPS) is 25.3. The molecule has 4 nitrogen and oxygen atoms in total. The number of carbonyl (C=O) groups excluding carboxylic acids is 1. The molecular weight excluding hydrogens is 334 g/mol. The fourth-order valence-corrected chi connectivity index (χ4v) is 4.33. The van der Waals surface area contributed by atoms with Gasteiger partial charge < -0.3 is 10.2 Å². The molecule has 27 heavy (non-hydrogen) atoms. The molecule has 2 aromatic carbocycles. The maximum absolute atomic E-state index is 12.5. The molecule has 0 aromatic heterocycles. The summed E-state index contributed by atoms with van der Waals surface area (Å²) >= 11 is 0. The highest BCUT2D eigenvalue weighted by molar-refractivity contribution is 5.95. The predicted molar refractivity (Wildman–Crippen MR) is 109 cm³/mol. The summed E-state index contributed by atoms with van der Waals surface area (Å²) in [6.45, 7) is 4.55. The fourth-order valence-electron chi connectivity index (χ4n) is 4.33. The van der Waals surface area contributed by atoms with Crippen molar-refractivity contribution in [2.75, 3.05) is 36.4 Å². The first-order valence-corrected chi connectivity index (χ1v) is 10.2. The summed E-state index contributed by atoms with van der Waals surface area (Å²) in [7, 11) is 0. The molecule has 1 aliphatic heterocycles. The Balaban J connectivity index is 1.15. The molecule has 2 aromatic rings. The Kier molecular flexibility index (Phi) is 4.36. The third-order valence-corrected chi connectivity index (χ3v) is 6.23. The average molecular weight is 361 g/mol. The van der Waals surface area contributed by atoms with Crippen molar-refractivity contribution in [1.82, 2.24) is 4.90 Å². The van der Waals surface area contributed by atoms with Crippen molar-refractivity contribution < 1.29 is 4.79 Å². The van der Waals surface area contributed by atoms with E-state index >= 15 is 0 Å². The van der Waals surface area contributed by atoms with E-state index in [2.05, 4.69) is 39.4 Å². The molecule has 3 fully saturated rings. The minimum Gasteiger partial charge on any atom is -0.369 e. The number of hydrogen-bond acceptors (Lipinski definition) is 3. The zero-order valence-corrected chi connectivity index (χ0v) is 15.7. The van der Waals surface area contributed by atoms with Crippen LogP contribution in [-0.2, 0) is 4.79 Å². The molecule has 2 unspecified atom stereocenters. The maximum atomic E-state index is 12.5. The topological polar surface area (TPSA) is 35.6 Å². The second kappa shape index (κ2) is 7.01. The van der Waals surface area contributed by atoms with Gasteiger partial charge >= 0.3 is 0 Å². The Morgan fingerprint density at radius 1 is 0.889 bits per heavy atom. The fraction of sp³-hybridized carbons (Fsp3) is 0.435. The number of rotatable bonds is 5. The maximum Gasteiger partial charge on any atom is 0.228 e. The quantitative estimate of drug-likeness (QED) is 0.882. The molecule has 0 spiro atoms. The van der Waals surface area contributed by atoms with E-state index < -0.39 is 0 Å². The van der Waals surface area contributed by atoms with Crippen LogP contribution in [-0.4, -0.2) is 43.0 Å². The molecular formula is C23H27N3O. The van der Waals surface area contributed by atoms with Crippen molar-refractivity contribution in [3.63, 3.8) is 0 Å². The second-order valence-electron chi connectivity index (χ2n) is 8.15. The van der Waals surface area contributed by atoms with Crippen LogP contribution >= 0.6 is 0 Å². The summed E-state index contributed by atoms with van der Waals surface area (Å²) in [5.41, 5.74) is 3.44. The molecule has 0 bridgehead atoms. The molecule has 0 radical (unpaired) electrons. The van der Waals surface area contributed by atoms with Crippen molar-refractivity contribution in [2.24, 2.45) is 5.92 Å². The summed E-state index contributed by atoms with van der Waals surface area (Å²) in [5.74, 6) is 0.644. The van der Waals surface area contributed by atoms with Gasteiger partial charge in [-0.25, -0.2) is 0 Å². The van der Waals surface area contributed by atoms with E-state index in [1.165, 1.54) is 37.2 Å². The minimum absolute atomic E-state index is 0.113. The van der Waals surface area contributed by atoms with Crippen molar-refractivity contribution >= 4 is 17.3 Å². The van der Waals surface area contributed by atoms with Gasteiger partial charge in [0.2, 0.25) is 5.91 Å². The van der Waals surface area contributed by atoms with E-state index in [0.29, 0.717) is 5.92 Å². The number of carbonyl (C=O) groups is 1. The van der Waals surface area contributed by atoms with Gasteiger partial charge in [-0.2, -0.15) is 0 Å². The number of benzene rings is 2. The lowest BCUT2D eigenvalue weighted by atomic mass is 10.1. The van der Waals surface area contributed by atoms with Crippen LogP contribution in [0.15, 0.2) is 54.6 Å². The van der Waals surface area contributed by atoms with Crippen LogP contribution in [0.1, 0.15) is 30.7 Å². The third kappa shape index (κ3) is 3.72. The first-order valence-electron chi connectivity index (χ1n) is 10.2. The molecule has 1 N–H and O–H groups in total. The predicted octanol–water partition coefficient (Wildman–Crippen LogP) is 3.71. The molecule has 2 atom stereocenters. The number of nitrogens with one attached hydrogen (secondary N) is 1. The van der Waals surface area contributed by atoms with Gasteiger partial charge in [0, 0.05) is 49.5 Å². The van der Waals surface area contributed by atoms with Gasteiger partial charge in [0.25, 0.3) is 0 Å². The van der Waals surface area contributed by atoms with Gasteiger partial charge in [0.1, 0.15) is 0 Å². The first kappa shape index (κ1) is 16.8. The van der Waals surface area contributed by atoms with E-state index in [4.69, 9.17) is 0 Å². The smallest absolute Gasteiger partial charge is 0.228 e. The summed E-state index contributed by atoms with van der Waals surface area (Å²) in [5, 5.41) is 3.10. The first-order chi connectivity index (χ1) is 13.3. The average Bonchev–Trinajstić information content (AvgIpc) is 3.63. The summed E-state index contributed by atoms with van der Waals surface area (Å²) in [6.07, 6.45) is 3.74. The highest BCUT2D eigenvalue weighted by Gasteiger charge is 2.43. The molecule has 140 valence electrons. The zero-order chi connectivity index (χ0) is 18.2. The Morgan fingerprint density at radius 2 is 1.59 bits per heavy atom. The summed E-state index contributed by atoms with van der Waals surface area (Å²) < 4.78 is 0. The Labute approximate surface area is 161 Å². The standard InChI is InChI=1S/C23H27N3O/c27-23(22-16-21(22)17-4-2-1-3-5-17)24-18-6-8-19(9-7-18)25-12-14-26(15-13-25)20-10-11-20/h1-9,20-22H,10-16H2,(H,24,27). The van der Waals surface area contributed by atoms with Gasteiger partial charge in [-0.3, -0.25) is 9.69 Å². The molecule has 1 heterocycles. The van der Waals surface area contributed by atoms with Crippen molar-refractivity contribution in [1.29, 1.82) is 0 Å². The lowest BCUT2D eigenvalue weighted by Crippen LogP contribution is -2.47. The Bertz CT molecular complexity index is 792. The Morgan fingerprint density at radius 3 is 2.26 bits per heavy atom. The van der Waals surface area contributed by atoms with Crippen LogP contribution in [0.25, 0.3) is 0 Å². The lowest BCUT2D eigenvalue weighted by Gasteiger charge is -2.36.